The zero-order valence-corrected chi connectivity index (χ0v) is 12.6. The van der Waals surface area contributed by atoms with Gasteiger partial charge in [0.2, 0.25) is 5.89 Å². The van der Waals surface area contributed by atoms with Crippen LogP contribution in [0.5, 0.6) is 0 Å². The molecule has 2 aromatic heterocycles. The van der Waals surface area contributed by atoms with Crippen LogP contribution in [0.25, 0.3) is 0 Å². The number of halogens is 2. The highest BCUT2D eigenvalue weighted by molar-refractivity contribution is 9.10. The fourth-order valence-electron chi connectivity index (χ4n) is 1.39. The summed E-state index contributed by atoms with van der Waals surface area (Å²) in [5.74, 6) is 1.54. The van der Waals surface area contributed by atoms with Crippen molar-refractivity contribution in [2.45, 2.75) is 26.4 Å². The minimum Gasteiger partial charge on any atom is -0.444 e. The van der Waals surface area contributed by atoms with Crippen LogP contribution in [0.3, 0.4) is 0 Å². The van der Waals surface area contributed by atoms with Crippen molar-refractivity contribution in [2.75, 3.05) is 0 Å². The van der Waals surface area contributed by atoms with Crippen LogP contribution in [0, 0.1) is 6.92 Å². The maximum absolute atomic E-state index is 5.98. The van der Waals surface area contributed by atoms with Gasteiger partial charge < -0.3 is 9.73 Å². The molecule has 0 saturated carbocycles. The van der Waals surface area contributed by atoms with Crippen molar-refractivity contribution in [1.29, 1.82) is 0 Å². The predicted octanol–water partition coefficient (Wildman–Crippen LogP) is 4.31. The SMILES string of the molecule is Cc1cnc(C(C)NCc2cc(Br)c(Cl)s2)o1. The van der Waals surface area contributed by atoms with E-state index in [0.717, 1.165) is 21.1 Å². The van der Waals surface area contributed by atoms with E-state index < -0.39 is 0 Å². The Morgan fingerprint density at radius 3 is 2.94 bits per heavy atom. The third kappa shape index (κ3) is 3.31. The normalized spacial score (nSPS) is 12.9. The number of nitrogens with one attached hydrogen (secondary N) is 1. The Morgan fingerprint density at radius 1 is 1.65 bits per heavy atom. The van der Waals surface area contributed by atoms with E-state index in [1.54, 1.807) is 17.5 Å². The molecule has 6 heteroatoms. The lowest BCUT2D eigenvalue weighted by atomic mass is 10.3. The van der Waals surface area contributed by atoms with E-state index in [-0.39, 0.29) is 6.04 Å². The van der Waals surface area contributed by atoms with Gasteiger partial charge in [-0.3, -0.25) is 0 Å². The van der Waals surface area contributed by atoms with Crippen LogP contribution >= 0.6 is 38.9 Å². The number of thiophene rings is 1. The third-order valence-electron chi connectivity index (χ3n) is 2.29. The Kier molecular flexibility index (Phi) is 4.25. The van der Waals surface area contributed by atoms with Gasteiger partial charge >= 0.3 is 0 Å². The van der Waals surface area contributed by atoms with E-state index in [0.29, 0.717) is 5.89 Å². The van der Waals surface area contributed by atoms with Gasteiger partial charge in [-0.05, 0) is 35.8 Å². The van der Waals surface area contributed by atoms with Crippen molar-refractivity contribution in [3.63, 3.8) is 0 Å². The monoisotopic (exact) mass is 334 g/mol. The molecule has 1 unspecified atom stereocenters. The minimum absolute atomic E-state index is 0.0864. The van der Waals surface area contributed by atoms with Gasteiger partial charge in [-0.15, -0.1) is 11.3 Å². The number of hydrogen-bond donors (Lipinski definition) is 1. The summed E-state index contributed by atoms with van der Waals surface area (Å²) in [6.45, 7) is 4.66. The summed E-state index contributed by atoms with van der Waals surface area (Å²) in [5, 5.41) is 3.34. The number of oxazole rings is 1. The van der Waals surface area contributed by atoms with E-state index in [1.807, 2.05) is 19.9 Å². The molecule has 0 saturated heterocycles. The summed E-state index contributed by atoms with van der Waals surface area (Å²) in [7, 11) is 0. The van der Waals surface area contributed by atoms with E-state index in [2.05, 4.69) is 26.2 Å². The smallest absolute Gasteiger partial charge is 0.211 e. The molecule has 0 aliphatic heterocycles. The molecule has 0 fully saturated rings. The Balaban J connectivity index is 1.94. The number of aryl methyl sites for hydroxylation is 1. The van der Waals surface area contributed by atoms with Gasteiger partial charge in [-0.1, -0.05) is 11.6 Å². The van der Waals surface area contributed by atoms with Crippen LogP contribution in [-0.4, -0.2) is 4.98 Å². The Bertz CT molecular complexity index is 492. The molecule has 2 heterocycles. The van der Waals surface area contributed by atoms with Crippen LogP contribution in [0.1, 0.15) is 29.5 Å². The topological polar surface area (TPSA) is 38.1 Å². The molecule has 0 bridgehead atoms. The van der Waals surface area contributed by atoms with Gasteiger partial charge in [0, 0.05) is 15.9 Å². The summed E-state index contributed by atoms with van der Waals surface area (Å²) < 4.78 is 7.18. The number of aromatic nitrogens is 1. The third-order valence-corrected chi connectivity index (χ3v) is 4.76. The molecule has 0 aliphatic carbocycles. The van der Waals surface area contributed by atoms with Crippen molar-refractivity contribution >= 4 is 38.9 Å². The van der Waals surface area contributed by atoms with Crippen molar-refractivity contribution in [3.8, 4) is 0 Å². The Hall–Kier alpha value is -0.360. The first kappa shape index (κ1) is 13.1. The van der Waals surface area contributed by atoms with Crippen molar-refractivity contribution in [2.24, 2.45) is 0 Å². The molecule has 0 spiro atoms. The molecule has 0 radical (unpaired) electrons. The van der Waals surface area contributed by atoms with Crippen LogP contribution < -0.4 is 5.32 Å². The number of hydrogen-bond acceptors (Lipinski definition) is 4. The number of nitrogens with zero attached hydrogens (tertiary/aromatic N) is 1. The van der Waals surface area contributed by atoms with Crippen LogP contribution in [-0.2, 0) is 6.54 Å². The first-order valence-electron chi connectivity index (χ1n) is 5.15. The Morgan fingerprint density at radius 2 is 2.41 bits per heavy atom. The maximum atomic E-state index is 5.98. The first-order valence-corrected chi connectivity index (χ1v) is 7.14. The standard InChI is InChI=1S/C11H12BrClN2OS/c1-6-4-15-11(16-6)7(2)14-5-8-3-9(12)10(13)17-8/h3-4,7,14H,5H2,1-2H3. The highest BCUT2D eigenvalue weighted by Crippen LogP contribution is 2.32. The average molecular weight is 336 g/mol. The molecular formula is C11H12BrClN2OS. The van der Waals surface area contributed by atoms with Gasteiger partial charge in [0.25, 0.3) is 0 Å². The van der Waals surface area contributed by atoms with Gasteiger partial charge in [-0.25, -0.2) is 4.98 Å². The van der Waals surface area contributed by atoms with Gasteiger partial charge in [-0.2, -0.15) is 0 Å². The van der Waals surface area contributed by atoms with Crippen molar-refractivity contribution in [3.05, 3.63) is 37.6 Å². The van der Waals surface area contributed by atoms with Gasteiger partial charge in [0.1, 0.15) is 10.1 Å². The highest BCUT2D eigenvalue weighted by atomic mass is 79.9. The lowest BCUT2D eigenvalue weighted by Gasteiger charge is -2.08. The molecule has 2 rings (SSSR count). The summed E-state index contributed by atoms with van der Waals surface area (Å²) in [5.41, 5.74) is 0. The summed E-state index contributed by atoms with van der Waals surface area (Å²) in [6, 6.07) is 2.11. The molecule has 2 aromatic rings. The van der Waals surface area contributed by atoms with Crippen molar-refractivity contribution in [1.82, 2.24) is 10.3 Å². The van der Waals surface area contributed by atoms with Gasteiger partial charge in [0.15, 0.2) is 0 Å². The molecule has 1 N–H and O–H groups in total. The molecule has 0 aromatic carbocycles. The van der Waals surface area contributed by atoms with Crippen LogP contribution in [0.15, 0.2) is 21.2 Å². The zero-order valence-electron chi connectivity index (χ0n) is 9.46. The quantitative estimate of drug-likeness (QED) is 0.904. The van der Waals surface area contributed by atoms with Crippen LogP contribution in [0.4, 0.5) is 0 Å². The summed E-state index contributed by atoms with van der Waals surface area (Å²) in [6.07, 6.45) is 1.73. The largest absolute Gasteiger partial charge is 0.444 e. The summed E-state index contributed by atoms with van der Waals surface area (Å²) in [4.78, 5) is 5.37. The molecule has 92 valence electrons. The van der Waals surface area contributed by atoms with Crippen LogP contribution in [0.2, 0.25) is 4.34 Å². The van der Waals surface area contributed by atoms with Gasteiger partial charge in [0.05, 0.1) is 12.2 Å². The maximum Gasteiger partial charge on any atom is 0.211 e. The minimum atomic E-state index is 0.0864. The molecule has 0 amide bonds. The lowest BCUT2D eigenvalue weighted by Crippen LogP contribution is -2.17. The second-order valence-electron chi connectivity index (χ2n) is 3.75. The molecule has 1 atom stereocenters. The molecule has 0 aliphatic rings. The fourth-order valence-corrected chi connectivity index (χ4v) is 3.13. The zero-order chi connectivity index (χ0) is 12.4. The molecular weight excluding hydrogens is 324 g/mol. The molecule has 17 heavy (non-hydrogen) atoms. The second-order valence-corrected chi connectivity index (χ2v) is 6.34. The average Bonchev–Trinajstić information content (AvgIpc) is 2.83. The predicted molar refractivity (Wildman–Crippen MR) is 73.5 cm³/mol. The number of rotatable bonds is 4. The van der Waals surface area contributed by atoms with E-state index in [1.165, 1.54) is 4.88 Å². The van der Waals surface area contributed by atoms with E-state index in [4.69, 9.17) is 16.0 Å². The Labute approximate surface area is 117 Å². The summed E-state index contributed by atoms with van der Waals surface area (Å²) >= 11 is 10.9. The first-order chi connectivity index (χ1) is 8.06. The van der Waals surface area contributed by atoms with Crippen molar-refractivity contribution < 1.29 is 4.42 Å². The fraction of sp³-hybridized carbons (Fsp3) is 0.364. The highest BCUT2D eigenvalue weighted by Gasteiger charge is 2.11. The van der Waals surface area contributed by atoms with E-state index >= 15 is 0 Å². The van der Waals surface area contributed by atoms with E-state index in [9.17, 15) is 0 Å². The lowest BCUT2D eigenvalue weighted by molar-refractivity contribution is 0.403. The second kappa shape index (κ2) is 5.52. The molecule has 3 nitrogen and oxygen atoms in total.